The highest BCUT2D eigenvalue weighted by Crippen LogP contribution is 2.18. The second kappa shape index (κ2) is 2.73. The monoisotopic (exact) mass is 176 g/mol. The number of hydrogen-bond acceptors (Lipinski definition) is 3. The number of fused-ring (bicyclic) bond motifs is 1. The number of nitrogen functional groups attached to an aromatic ring is 1. The van der Waals surface area contributed by atoms with Crippen LogP contribution in [0.1, 0.15) is 18.3 Å². The molecule has 0 fully saturated rings. The number of aryl methyl sites for hydroxylation is 2. The van der Waals surface area contributed by atoms with Gasteiger partial charge in [0.05, 0.1) is 17.4 Å². The van der Waals surface area contributed by atoms with Gasteiger partial charge in [-0.3, -0.25) is 0 Å². The molecule has 2 heterocycles. The first-order valence-corrected chi connectivity index (χ1v) is 4.32. The number of hydrogen-bond donors (Lipinski definition) is 2. The van der Waals surface area contributed by atoms with Crippen molar-refractivity contribution in [2.24, 2.45) is 0 Å². The zero-order chi connectivity index (χ0) is 9.42. The predicted molar refractivity (Wildman–Crippen MR) is 52.4 cm³/mol. The summed E-state index contributed by atoms with van der Waals surface area (Å²) in [7, 11) is 0. The van der Waals surface area contributed by atoms with Crippen LogP contribution in [0.2, 0.25) is 0 Å². The van der Waals surface area contributed by atoms with Crippen molar-refractivity contribution in [3.05, 3.63) is 17.6 Å². The Morgan fingerprint density at radius 3 is 3.00 bits per heavy atom. The summed E-state index contributed by atoms with van der Waals surface area (Å²) in [5.41, 5.74) is 9.17. The molecule has 13 heavy (non-hydrogen) atoms. The number of rotatable bonds is 1. The molecular formula is C9H12N4. The highest BCUT2D eigenvalue weighted by atomic mass is 15.0. The molecule has 0 saturated carbocycles. The molecule has 0 aliphatic heterocycles. The molecule has 68 valence electrons. The van der Waals surface area contributed by atoms with Crippen molar-refractivity contribution in [3.8, 4) is 0 Å². The average molecular weight is 176 g/mol. The SMILES string of the molecule is CCc1nc2ncc(N)c(C)c2[nH]1. The van der Waals surface area contributed by atoms with Gasteiger partial charge in [0.15, 0.2) is 5.65 Å². The lowest BCUT2D eigenvalue weighted by molar-refractivity contribution is 0.997. The third kappa shape index (κ3) is 1.14. The van der Waals surface area contributed by atoms with Crippen molar-refractivity contribution in [2.45, 2.75) is 20.3 Å². The number of nitrogens with zero attached hydrogens (tertiary/aromatic N) is 2. The van der Waals surface area contributed by atoms with Crippen molar-refractivity contribution in [1.82, 2.24) is 15.0 Å². The van der Waals surface area contributed by atoms with Crippen LogP contribution in [0.3, 0.4) is 0 Å². The molecule has 0 aliphatic carbocycles. The third-order valence-corrected chi connectivity index (χ3v) is 2.20. The summed E-state index contributed by atoms with van der Waals surface area (Å²) in [6.07, 6.45) is 2.54. The molecule has 2 rings (SSSR count). The first-order valence-electron chi connectivity index (χ1n) is 4.32. The Kier molecular flexibility index (Phi) is 1.69. The van der Waals surface area contributed by atoms with Crippen molar-refractivity contribution in [1.29, 1.82) is 0 Å². The Morgan fingerprint density at radius 2 is 2.31 bits per heavy atom. The predicted octanol–water partition coefficient (Wildman–Crippen LogP) is 1.41. The van der Waals surface area contributed by atoms with Crippen molar-refractivity contribution in [2.75, 3.05) is 5.73 Å². The highest BCUT2D eigenvalue weighted by Gasteiger charge is 2.06. The van der Waals surface area contributed by atoms with Gasteiger partial charge in [0, 0.05) is 12.0 Å². The van der Waals surface area contributed by atoms with Gasteiger partial charge in [-0.2, -0.15) is 0 Å². The van der Waals surface area contributed by atoms with E-state index in [4.69, 9.17) is 5.73 Å². The van der Waals surface area contributed by atoms with E-state index >= 15 is 0 Å². The van der Waals surface area contributed by atoms with Gasteiger partial charge < -0.3 is 10.7 Å². The minimum atomic E-state index is 0.707. The average Bonchev–Trinajstić information content (AvgIpc) is 2.55. The Hall–Kier alpha value is -1.58. The summed E-state index contributed by atoms with van der Waals surface area (Å²) < 4.78 is 0. The summed E-state index contributed by atoms with van der Waals surface area (Å²) in [4.78, 5) is 11.7. The number of H-pyrrole nitrogens is 1. The molecule has 0 spiro atoms. The topological polar surface area (TPSA) is 67.6 Å². The van der Waals surface area contributed by atoms with E-state index in [-0.39, 0.29) is 0 Å². The van der Waals surface area contributed by atoms with Gasteiger partial charge in [0.2, 0.25) is 0 Å². The molecule has 3 N–H and O–H groups in total. The lowest BCUT2D eigenvalue weighted by Gasteiger charge is -1.97. The molecular weight excluding hydrogens is 164 g/mol. The Labute approximate surface area is 76.2 Å². The largest absolute Gasteiger partial charge is 0.397 e. The van der Waals surface area contributed by atoms with Crippen LogP contribution in [0.5, 0.6) is 0 Å². The Bertz CT molecular complexity index is 444. The van der Waals surface area contributed by atoms with Crippen LogP contribution in [-0.2, 0) is 6.42 Å². The number of imidazole rings is 1. The van der Waals surface area contributed by atoms with Crippen LogP contribution >= 0.6 is 0 Å². The number of aromatic nitrogens is 3. The minimum absolute atomic E-state index is 0.707. The first kappa shape index (κ1) is 8.04. The van der Waals surface area contributed by atoms with Gasteiger partial charge in [-0.15, -0.1) is 0 Å². The normalized spacial score (nSPS) is 10.9. The Morgan fingerprint density at radius 1 is 1.54 bits per heavy atom. The fourth-order valence-corrected chi connectivity index (χ4v) is 1.31. The summed E-state index contributed by atoms with van der Waals surface area (Å²) in [6, 6.07) is 0. The molecule has 0 radical (unpaired) electrons. The van der Waals surface area contributed by atoms with Gasteiger partial charge in [0.25, 0.3) is 0 Å². The maximum atomic E-state index is 5.73. The van der Waals surface area contributed by atoms with E-state index in [1.165, 1.54) is 0 Å². The first-order chi connectivity index (χ1) is 6.22. The molecule has 0 amide bonds. The lowest BCUT2D eigenvalue weighted by Crippen LogP contribution is -1.91. The number of anilines is 1. The van der Waals surface area contributed by atoms with Crippen LogP contribution in [0.25, 0.3) is 11.2 Å². The number of aromatic amines is 1. The quantitative estimate of drug-likeness (QED) is 0.690. The van der Waals surface area contributed by atoms with E-state index < -0.39 is 0 Å². The van der Waals surface area contributed by atoms with Gasteiger partial charge in [0.1, 0.15) is 5.82 Å². The van der Waals surface area contributed by atoms with Crippen molar-refractivity contribution >= 4 is 16.9 Å². The molecule has 4 nitrogen and oxygen atoms in total. The number of pyridine rings is 1. The van der Waals surface area contributed by atoms with E-state index in [1.807, 2.05) is 6.92 Å². The Balaban J connectivity index is 2.76. The van der Waals surface area contributed by atoms with Crippen LogP contribution in [0, 0.1) is 6.92 Å². The lowest BCUT2D eigenvalue weighted by atomic mass is 10.2. The third-order valence-electron chi connectivity index (χ3n) is 2.20. The zero-order valence-corrected chi connectivity index (χ0v) is 7.76. The van der Waals surface area contributed by atoms with E-state index in [0.29, 0.717) is 5.69 Å². The molecule has 0 aromatic carbocycles. The van der Waals surface area contributed by atoms with Gasteiger partial charge in [-0.05, 0) is 6.92 Å². The molecule has 0 bridgehead atoms. The smallest absolute Gasteiger partial charge is 0.178 e. The van der Waals surface area contributed by atoms with E-state index in [9.17, 15) is 0 Å². The van der Waals surface area contributed by atoms with E-state index in [0.717, 1.165) is 29.0 Å². The van der Waals surface area contributed by atoms with Crippen molar-refractivity contribution < 1.29 is 0 Å². The fourth-order valence-electron chi connectivity index (χ4n) is 1.31. The van der Waals surface area contributed by atoms with Crippen molar-refractivity contribution in [3.63, 3.8) is 0 Å². The molecule has 0 unspecified atom stereocenters. The second-order valence-electron chi connectivity index (χ2n) is 3.07. The molecule has 0 atom stereocenters. The number of nitrogens with two attached hydrogens (primary N) is 1. The van der Waals surface area contributed by atoms with E-state index in [1.54, 1.807) is 6.20 Å². The molecule has 4 heteroatoms. The standard InChI is InChI=1S/C9H12N4/c1-3-7-12-8-5(2)6(10)4-11-9(8)13-7/h4H,3,10H2,1-2H3,(H,11,12,13). The minimum Gasteiger partial charge on any atom is -0.397 e. The molecule has 0 aliphatic rings. The molecule has 2 aromatic rings. The summed E-state index contributed by atoms with van der Waals surface area (Å²) >= 11 is 0. The second-order valence-corrected chi connectivity index (χ2v) is 3.07. The zero-order valence-electron chi connectivity index (χ0n) is 7.76. The van der Waals surface area contributed by atoms with Gasteiger partial charge >= 0.3 is 0 Å². The van der Waals surface area contributed by atoms with Crippen LogP contribution in [0.4, 0.5) is 5.69 Å². The van der Waals surface area contributed by atoms with Crippen LogP contribution in [0.15, 0.2) is 6.20 Å². The molecule has 2 aromatic heterocycles. The van der Waals surface area contributed by atoms with Gasteiger partial charge in [-0.1, -0.05) is 6.92 Å². The van der Waals surface area contributed by atoms with Crippen LogP contribution < -0.4 is 5.73 Å². The number of nitrogens with one attached hydrogen (secondary N) is 1. The maximum Gasteiger partial charge on any atom is 0.178 e. The maximum absolute atomic E-state index is 5.73. The summed E-state index contributed by atoms with van der Waals surface area (Å²) in [5, 5.41) is 0. The summed E-state index contributed by atoms with van der Waals surface area (Å²) in [6.45, 7) is 4.02. The van der Waals surface area contributed by atoms with Gasteiger partial charge in [-0.25, -0.2) is 9.97 Å². The fraction of sp³-hybridized carbons (Fsp3) is 0.333. The van der Waals surface area contributed by atoms with Crippen LogP contribution in [-0.4, -0.2) is 15.0 Å². The van der Waals surface area contributed by atoms with E-state index in [2.05, 4.69) is 21.9 Å². The molecule has 0 saturated heterocycles. The summed E-state index contributed by atoms with van der Waals surface area (Å²) in [5.74, 6) is 0.955. The highest BCUT2D eigenvalue weighted by molar-refractivity contribution is 5.79.